The number of sulfone groups is 1. The lowest BCUT2D eigenvalue weighted by Gasteiger charge is -2.08. The van der Waals surface area contributed by atoms with E-state index in [2.05, 4.69) is 0 Å². The van der Waals surface area contributed by atoms with Crippen molar-refractivity contribution in [1.29, 1.82) is 0 Å². The summed E-state index contributed by atoms with van der Waals surface area (Å²) >= 11 is 5.87. The van der Waals surface area contributed by atoms with Crippen LogP contribution in [0.4, 0.5) is 14.5 Å². The minimum Gasteiger partial charge on any atom is -0.399 e. The summed E-state index contributed by atoms with van der Waals surface area (Å²) in [5, 5.41) is 0.194. The molecule has 0 atom stereocenters. The van der Waals surface area contributed by atoms with Crippen molar-refractivity contribution in [3.8, 4) is 0 Å². The molecule has 3 nitrogen and oxygen atoms in total. The number of anilines is 1. The third-order valence-corrected chi connectivity index (χ3v) is 4.69. The maximum atomic E-state index is 13.5. The molecular formula is C13H10ClF2NO2S. The molecule has 0 aromatic heterocycles. The second kappa shape index (κ2) is 5.38. The van der Waals surface area contributed by atoms with E-state index in [0.717, 1.165) is 12.1 Å². The summed E-state index contributed by atoms with van der Waals surface area (Å²) in [6, 6.07) is 6.61. The van der Waals surface area contributed by atoms with Gasteiger partial charge in [0.1, 0.15) is 16.5 Å². The molecule has 2 N–H and O–H groups in total. The molecular weight excluding hydrogens is 308 g/mol. The monoisotopic (exact) mass is 317 g/mol. The number of nitrogen functional groups attached to an aromatic ring is 1. The van der Waals surface area contributed by atoms with Crippen molar-refractivity contribution in [2.45, 2.75) is 10.6 Å². The first-order valence-electron chi connectivity index (χ1n) is 5.51. The Bertz CT molecular complexity index is 763. The van der Waals surface area contributed by atoms with E-state index < -0.39 is 32.1 Å². The Kier molecular flexibility index (Phi) is 3.96. The summed E-state index contributed by atoms with van der Waals surface area (Å²) < 4.78 is 50.9. The van der Waals surface area contributed by atoms with Gasteiger partial charge in [-0.25, -0.2) is 17.2 Å². The van der Waals surface area contributed by atoms with Gasteiger partial charge in [-0.2, -0.15) is 0 Å². The van der Waals surface area contributed by atoms with Gasteiger partial charge in [0, 0.05) is 10.7 Å². The first kappa shape index (κ1) is 14.7. The lowest BCUT2D eigenvalue weighted by Crippen LogP contribution is -2.08. The van der Waals surface area contributed by atoms with Gasteiger partial charge in [-0.1, -0.05) is 11.6 Å². The Morgan fingerprint density at radius 3 is 2.50 bits per heavy atom. The van der Waals surface area contributed by atoms with Crippen molar-refractivity contribution in [2.24, 2.45) is 0 Å². The van der Waals surface area contributed by atoms with Crippen molar-refractivity contribution in [1.82, 2.24) is 0 Å². The third kappa shape index (κ3) is 3.08. The van der Waals surface area contributed by atoms with Crippen molar-refractivity contribution in [2.75, 3.05) is 5.73 Å². The predicted octanol–water partition coefficient (Wildman–Crippen LogP) is 3.17. The number of rotatable bonds is 3. The lowest BCUT2D eigenvalue weighted by atomic mass is 10.2. The predicted molar refractivity (Wildman–Crippen MR) is 73.1 cm³/mol. The number of hydrogen-bond acceptors (Lipinski definition) is 3. The highest BCUT2D eigenvalue weighted by Gasteiger charge is 2.22. The molecule has 0 fully saturated rings. The molecule has 20 heavy (non-hydrogen) atoms. The second-order valence-electron chi connectivity index (χ2n) is 4.18. The fourth-order valence-corrected chi connectivity index (χ4v) is 3.43. The van der Waals surface area contributed by atoms with Gasteiger partial charge in [-0.3, -0.25) is 0 Å². The molecule has 0 aliphatic rings. The van der Waals surface area contributed by atoms with E-state index in [1.54, 1.807) is 0 Å². The van der Waals surface area contributed by atoms with Crippen LogP contribution in [-0.2, 0) is 15.6 Å². The van der Waals surface area contributed by atoms with Crippen LogP contribution in [0.5, 0.6) is 0 Å². The first-order valence-corrected chi connectivity index (χ1v) is 7.54. The molecule has 0 saturated heterocycles. The van der Waals surface area contributed by atoms with Gasteiger partial charge in [0.15, 0.2) is 9.84 Å². The summed E-state index contributed by atoms with van der Waals surface area (Å²) in [7, 11) is -4.06. The molecule has 7 heteroatoms. The van der Waals surface area contributed by atoms with E-state index in [1.807, 2.05) is 0 Å². The molecule has 2 aromatic rings. The van der Waals surface area contributed by atoms with Gasteiger partial charge >= 0.3 is 0 Å². The normalized spacial score (nSPS) is 11.6. The largest absolute Gasteiger partial charge is 0.399 e. The number of hydrogen-bond donors (Lipinski definition) is 1. The van der Waals surface area contributed by atoms with Crippen LogP contribution in [0.1, 0.15) is 5.56 Å². The maximum Gasteiger partial charge on any atom is 0.185 e. The van der Waals surface area contributed by atoms with Crippen LogP contribution in [0.25, 0.3) is 0 Å². The van der Waals surface area contributed by atoms with Crippen molar-refractivity contribution >= 4 is 27.1 Å². The molecule has 0 radical (unpaired) electrons. The van der Waals surface area contributed by atoms with Gasteiger partial charge in [0.2, 0.25) is 0 Å². The Hall–Kier alpha value is -1.66. The van der Waals surface area contributed by atoms with Gasteiger partial charge < -0.3 is 5.73 Å². The number of halogens is 3. The minimum atomic E-state index is -4.06. The molecule has 0 aliphatic carbocycles. The molecule has 0 amide bonds. The average molecular weight is 318 g/mol. The summed E-state index contributed by atoms with van der Waals surface area (Å²) in [6.07, 6.45) is 0. The number of benzene rings is 2. The number of nitrogens with two attached hydrogens (primary N) is 1. The maximum absolute atomic E-state index is 13.5. The van der Waals surface area contributed by atoms with Crippen molar-refractivity contribution in [3.05, 3.63) is 58.6 Å². The molecule has 2 rings (SSSR count). The van der Waals surface area contributed by atoms with Crippen molar-refractivity contribution in [3.63, 3.8) is 0 Å². The molecule has 0 unspecified atom stereocenters. The summed E-state index contributed by atoms with van der Waals surface area (Å²) in [5.41, 5.74) is 6.12. The van der Waals surface area contributed by atoms with E-state index in [-0.39, 0.29) is 10.6 Å². The zero-order valence-corrected chi connectivity index (χ0v) is 11.7. The lowest BCUT2D eigenvalue weighted by molar-refractivity contribution is 0.553. The summed E-state index contributed by atoms with van der Waals surface area (Å²) in [4.78, 5) is -0.698. The molecule has 0 spiro atoms. The van der Waals surface area contributed by atoms with E-state index >= 15 is 0 Å². The topological polar surface area (TPSA) is 60.2 Å². The van der Waals surface area contributed by atoms with Crippen LogP contribution < -0.4 is 5.73 Å². The van der Waals surface area contributed by atoms with Crippen molar-refractivity contribution < 1.29 is 17.2 Å². The Morgan fingerprint density at radius 1 is 1.10 bits per heavy atom. The van der Waals surface area contributed by atoms with E-state index in [9.17, 15) is 17.2 Å². The van der Waals surface area contributed by atoms with Crippen LogP contribution in [0.15, 0.2) is 41.3 Å². The molecule has 0 aliphatic heterocycles. The van der Waals surface area contributed by atoms with Crippen LogP contribution >= 0.6 is 11.6 Å². The summed E-state index contributed by atoms with van der Waals surface area (Å²) in [6.45, 7) is 0. The zero-order chi connectivity index (χ0) is 14.9. The van der Waals surface area contributed by atoms with E-state index in [4.69, 9.17) is 17.3 Å². The molecule has 0 heterocycles. The molecule has 0 saturated carbocycles. The van der Waals surface area contributed by atoms with Gasteiger partial charge in [0.25, 0.3) is 0 Å². The van der Waals surface area contributed by atoms with Gasteiger partial charge in [0.05, 0.1) is 5.75 Å². The summed E-state index contributed by atoms with van der Waals surface area (Å²) in [5.74, 6) is -2.40. The Balaban J connectivity index is 2.46. The zero-order valence-electron chi connectivity index (χ0n) is 10.1. The minimum absolute atomic E-state index is 0.194. The Morgan fingerprint density at radius 2 is 1.80 bits per heavy atom. The quantitative estimate of drug-likeness (QED) is 0.884. The third-order valence-electron chi connectivity index (χ3n) is 2.64. The van der Waals surface area contributed by atoms with Crippen LogP contribution in [0.3, 0.4) is 0 Å². The Labute approximate surface area is 119 Å². The fourth-order valence-electron chi connectivity index (χ4n) is 1.70. The fraction of sp³-hybridized carbons (Fsp3) is 0.0769. The molecule has 106 valence electrons. The second-order valence-corrected chi connectivity index (χ2v) is 6.55. The van der Waals surface area contributed by atoms with E-state index in [1.165, 1.54) is 18.2 Å². The highest BCUT2D eigenvalue weighted by Crippen LogP contribution is 2.25. The van der Waals surface area contributed by atoms with Crippen LogP contribution in [0, 0.1) is 11.6 Å². The molecule has 0 bridgehead atoms. The smallest absolute Gasteiger partial charge is 0.185 e. The first-order chi connectivity index (χ1) is 9.29. The van der Waals surface area contributed by atoms with Gasteiger partial charge in [-0.15, -0.1) is 0 Å². The SMILES string of the molecule is Nc1ccc(Cl)c(CS(=O)(=O)c2cc(F)ccc2F)c1. The molecule has 2 aromatic carbocycles. The standard InChI is InChI=1S/C13H10ClF2NO2S/c14-11-3-2-10(17)5-8(11)7-20(18,19)13-6-9(15)1-4-12(13)16/h1-6H,7,17H2. The van der Waals surface area contributed by atoms with Crippen LogP contribution in [-0.4, -0.2) is 8.42 Å². The average Bonchev–Trinajstić information content (AvgIpc) is 2.36. The van der Waals surface area contributed by atoms with Gasteiger partial charge in [-0.05, 0) is 42.0 Å². The highest BCUT2D eigenvalue weighted by molar-refractivity contribution is 7.90. The highest BCUT2D eigenvalue weighted by atomic mass is 35.5. The van der Waals surface area contributed by atoms with E-state index in [0.29, 0.717) is 11.8 Å². The van der Waals surface area contributed by atoms with Crippen LogP contribution in [0.2, 0.25) is 5.02 Å².